The minimum absolute atomic E-state index is 0.0625. The standard InChI is InChI=1S/C21H15ClF5N5O2/c22-14-7-12(23)2-1-11(14)9-31-6-5-18(30-31)28-21(33)17-4-3-13(34-17)10-32-16(20(26)27)8-15(29-32)19(24)25/h1-8,19-20H,9-10H2,(H,28,30,33). The lowest BCUT2D eigenvalue weighted by Gasteiger charge is -2.05. The van der Waals surface area contributed by atoms with Crippen LogP contribution in [-0.2, 0) is 13.1 Å². The smallest absolute Gasteiger partial charge is 0.292 e. The van der Waals surface area contributed by atoms with Crippen LogP contribution in [0.5, 0.6) is 0 Å². The Morgan fingerprint density at radius 1 is 1.03 bits per heavy atom. The second-order valence-corrected chi connectivity index (χ2v) is 7.51. The predicted octanol–water partition coefficient (Wildman–Crippen LogP) is 5.69. The Labute approximate surface area is 193 Å². The number of furan rings is 1. The van der Waals surface area contributed by atoms with E-state index in [-0.39, 0.29) is 35.5 Å². The molecule has 3 heterocycles. The number of hydrogen-bond donors (Lipinski definition) is 1. The highest BCUT2D eigenvalue weighted by molar-refractivity contribution is 6.31. The fourth-order valence-corrected chi connectivity index (χ4v) is 3.34. The summed E-state index contributed by atoms with van der Waals surface area (Å²) in [5.41, 5.74) is -0.849. The Bertz CT molecular complexity index is 1320. The van der Waals surface area contributed by atoms with Gasteiger partial charge in [0.2, 0.25) is 0 Å². The van der Waals surface area contributed by atoms with Gasteiger partial charge in [0.15, 0.2) is 11.6 Å². The van der Waals surface area contributed by atoms with Crippen molar-refractivity contribution in [1.82, 2.24) is 19.6 Å². The predicted molar refractivity (Wildman–Crippen MR) is 111 cm³/mol. The van der Waals surface area contributed by atoms with Gasteiger partial charge in [-0.2, -0.15) is 10.2 Å². The van der Waals surface area contributed by atoms with E-state index < -0.39 is 36.0 Å². The van der Waals surface area contributed by atoms with E-state index in [1.807, 2.05) is 0 Å². The van der Waals surface area contributed by atoms with Gasteiger partial charge in [0.05, 0.1) is 13.1 Å². The topological polar surface area (TPSA) is 77.9 Å². The van der Waals surface area contributed by atoms with Crippen molar-refractivity contribution in [3.63, 3.8) is 0 Å². The molecule has 0 aliphatic heterocycles. The molecule has 178 valence electrons. The molecule has 13 heteroatoms. The van der Waals surface area contributed by atoms with Crippen molar-refractivity contribution in [1.29, 1.82) is 0 Å². The summed E-state index contributed by atoms with van der Waals surface area (Å²) < 4.78 is 72.6. The SMILES string of the molecule is O=C(Nc1ccn(Cc2ccc(F)cc2Cl)n1)c1ccc(Cn2nc(C(F)F)cc2C(F)F)o1. The van der Waals surface area contributed by atoms with Crippen LogP contribution in [0.3, 0.4) is 0 Å². The number of alkyl halides is 4. The number of nitrogens with zero attached hydrogens (tertiary/aromatic N) is 4. The Kier molecular flexibility index (Phi) is 6.68. The van der Waals surface area contributed by atoms with Gasteiger partial charge in [-0.1, -0.05) is 17.7 Å². The van der Waals surface area contributed by atoms with Crippen molar-refractivity contribution in [3.8, 4) is 0 Å². The molecule has 0 spiro atoms. The Hall–Kier alpha value is -3.67. The van der Waals surface area contributed by atoms with Crippen LogP contribution in [0.25, 0.3) is 0 Å². The van der Waals surface area contributed by atoms with E-state index in [1.165, 1.54) is 41.1 Å². The maximum atomic E-state index is 13.2. The summed E-state index contributed by atoms with van der Waals surface area (Å²) in [6.45, 7) is -0.135. The molecule has 1 N–H and O–H groups in total. The molecule has 0 saturated heterocycles. The molecule has 1 amide bonds. The van der Waals surface area contributed by atoms with E-state index in [0.717, 1.165) is 0 Å². The molecular formula is C21H15ClF5N5O2. The normalized spacial score (nSPS) is 11.5. The highest BCUT2D eigenvalue weighted by Crippen LogP contribution is 2.26. The highest BCUT2D eigenvalue weighted by atomic mass is 35.5. The van der Waals surface area contributed by atoms with Crippen LogP contribution in [-0.4, -0.2) is 25.5 Å². The zero-order chi connectivity index (χ0) is 24.4. The lowest BCUT2D eigenvalue weighted by atomic mass is 10.2. The average molecular weight is 500 g/mol. The third-order valence-corrected chi connectivity index (χ3v) is 5.05. The molecule has 34 heavy (non-hydrogen) atoms. The van der Waals surface area contributed by atoms with Crippen LogP contribution >= 0.6 is 11.6 Å². The maximum absolute atomic E-state index is 13.2. The van der Waals surface area contributed by atoms with Crippen molar-refractivity contribution in [2.75, 3.05) is 5.32 Å². The minimum Gasteiger partial charge on any atom is -0.454 e. The molecule has 3 aromatic heterocycles. The maximum Gasteiger partial charge on any atom is 0.292 e. The number of halogens is 6. The first kappa shape index (κ1) is 23.5. The number of amides is 1. The quantitative estimate of drug-likeness (QED) is 0.316. The number of nitrogens with one attached hydrogen (secondary N) is 1. The lowest BCUT2D eigenvalue weighted by molar-refractivity contribution is 0.0993. The van der Waals surface area contributed by atoms with Gasteiger partial charge in [-0.3, -0.25) is 14.2 Å². The first-order valence-corrected chi connectivity index (χ1v) is 10.1. The van der Waals surface area contributed by atoms with Crippen LogP contribution in [0, 0.1) is 5.82 Å². The fourth-order valence-electron chi connectivity index (χ4n) is 3.11. The highest BCUT2D eigenvalue weighted by Gasteiger charge is 2.22. The summed E-state index contributed by atoms with van der Waals surface area (Å²) in [6.07, 6.45) is -4.44. The van der Waals surface area contributed by atoms with E-state index >= 15 is 0 Å². The molecule has 7 nitrogen and oxygen atoms in total. The van der Waals surface area contributed by atoms with Crippen LogP contribution in [0.15, 0.2) is 53.1 Å². The summed E-state index contributed by atoms with van der Waals surface area (Å²) in [4.78, 5) is 12.4. The molecule has 4 aromatic rings. The van der Waals surface area contributed by atoms with E-state index in [9.17, 15) is 26.7 Å². The first-order valence-electron chi connectivity index (χ1n) is 9.71. The van der Waals surface area contributed by atoms with Crippen molar-refractivity contribution in [2.24, 2.45) is 0 Å². The van der Waals surface area contributed by atoms with Crippen molar-refractivity contribution >= 4 is 23.3 Å². The molecule has 4 rings (SSSR count). The number of rotatable bonds is 8. The molecule has 1 aromatic carbocycles. The van der Waals surface area contributed by atoms with Gasteiger partial charge in [-0.15, -0.1) is 0 Å². The molecule has 0 fully saturated rings. The van der Waals surface area contributed by atoms with E-state index in [4.69, 9.17) is 16.0 Å². The zero-order valence-electron chi connectivity index (χ0n) is 17.1. The second-order valence-electron chi connectivity index (χ2n) is 7.11. The van der Waals surface area contributed by atoms with Crippen molar-refractivity contribution in [2.45, 2.75) is 25.9 Å². The number of anilines is 1. The summed E-state index contributed by atoms with van der Waals surface area (Å²) in [5, 5.41) is 10.4. The van der Waals surface area contributed by atoms with Gasteiger partial charge < -0.3 is 9.73 Å². The molecular weight excluding hydrogens is 485 g/mol. The van der Waals surface area contributed by atoms with Crippen LogP contribution in [0.4, 0.5) is 27.8 Å². The van der Waals surface area contributed by atoms with Crippen LogP contribution in [0.2, 0.25) is 5.02 Å². The van der Waals surface area contributed by atoms with Crippen LogP contribution < -0.4 is 5.32 Å². The van der Waals surface area contributed by atoms with Gasteiger partial charge in [0.25, 0.3) is 18.8 Å². The van der Waals surface area contributed by atoms with Gasteiger partial charge >= 0.3 is 0 Å². The number of benzene rings is 1. The minimum atomic E-state index is -3.02. The van der Waals surface area contributed by atoms with Crippen LogP contribution in [0.1, 0.15) is 46.1 Å². The molecule has 0 radical (unpaired) electrons. The monoisotopic (exact) mass is 499 g/mol. The molecule has 0 aliphatic carbocycles. The number of carbonyl (C=O) groups is 1. The number of carbonyl (C=O) groups excluding carboxylic acids is 1. The lowest BCUT2D eigenvalue weighted by Crippen LogP contribution is -2.12. The molecule has 0 atom stereocenters. The third-order valence-electron chi connectivity index (χ3n) is 4.70. The molecule has 0 saturated carbocycles. The van der Waals surface area contributed by atoms with Gasteiger partial charge in [-0.05, 0) is 35.9 Å². The number of aromatic nitrogens is 4. The second kappa shape index (κ2) is 9.67. The Morgan fingerprint density at radius 2 is 1.82 bits per heavy atom. The van der Waals surface area contributed by atoms with E-state index in [0.29, 0.717) is 16.3 Å². The summed E-state index contributed by atoms with van der Waals surface area (Å²) >= 11 is 6.01. The Morgan fingerprint density at radius 3 is 2.53 bits per heavy atom. The zero-order valence-corrected chi connectivity index (χ0v) is 17.8. The first-order chi connectivity index (χ1) is 16.2. The van der Waals surface area contributed by atoms with Gasteiger partial charge in [-0.25, -0.2) is 22.0 Å². The number of hydrogen-bond acceptors (Lipinski definition) is 4. The van der Waals surface area contributed by atoms with E-state index in [1.54, 1.807) is 6.20 Å². The summed E-state index contributed by atoms with van der Waals surface area (Å²) in [5.74, 6) is -1.03. The summed E-state index contributed by atoms with van der Waals surface area (Å²) in [7, 11) is 0. The third kappa shape index (κ3) is 5.28. The molecule has 0 unspecified atom stereocenters. The Balaban J connectivity index is 1.42. The van der Waals surface area contributed by atoms with Gasteiger partial charge in [0, 0.05) is 17.3 Å². The van der Waals surface area contributed by atoms with E-state index in [2.05, 4.69) is 15.5 Å². The van der Waals surface area contributed by atoms with Gasteiger partial charge in [0.1, 0.15) is 23.0 Å². The largest absolute Gasteiger partial charge is 0.454 e. The summed E-state index contributed by atoms with van der Waals surface area (Å²) in [6, 6.07) is 8.77. The van der Waals surface area contributed by atoms with Crippen molar-refractivity contribution < 1.29 is 31.2 Å². The molecule has 0 bridgehead atoms. The van der Waals surface area contributed by atoms with Crippen molar-refractivity contribution in [3.05, 3.63) is 88.0 Å². The average Bonchev–Trinajstić information content (AvgIpc) is 3.50. The molecule has 0 aliphatic rings. The fraction of sp³-hybridized carbons (Fsp3) is 0.190.